The first kappa shape index (κ1) is 27.8. The van der Waals surface area contributed by atoms with Crippen molar-refractivity contribution < 1.29 is 41.4 Å². The normalized spacial score (nSPS) is 13.5. The summed E-state index contributed by atoms with van der Waals surface area (Å²) >= 11 is 0. The number of pyridine rings is 1. The van der Waals surface area contributed by atoms with Crippen LogP contribution < -0.4 is 25.0 Å². The van der Waals surface area contributed by atoms with Gasteiger partial charge >= 0.3 is 24.0 Å². The van der Waals surface area contributed by atoms with Crippen LogP contribution >= 0.6 is 0 Å². The molecule has 3 N–H and O–H groups in total. The molecule has 0 bridgehead atoms. The number of rotatable bonds is 7. The number of hydrogen-bond acceptors (Lipinski definition) is 8. The molecule has 212 valence electrons. The van der Waals surface area contributed by atoms with Crippen LogP contribution in [-0.4, -0.2) is 29.0 Å². The number of hydrogen-bond donors (Lipinski definition) is 2. The monoisotopic (exact) mass is 579 g/mol. The molecule has 2 heterocycles. The number of nitrogen functional groups attached to an aromatic ring is 1. The van der Waals surface area contributed by atoms with Gasteiger partial charge < -0.3 is 20.6 Å². The van der Waals surface area contributed by atoms with Crippen molar-refractivity contribution in [3.05, 3.63) is 95.9 Å². The van der Waals surface area contributed by atoms with Gasteiger partial charge in [-0.05, 0) is 72.8 Å². The fraction of sp³-hybridized carbons (Fsp3) is 0.0357. The highest BCUT2D eigenvalue weighted by molar-refractivity contribution is 6.60. The topological polar surface area (TPSA) is 139 Å². The summed E-state index contributed by atoms with van der Waals surface area (Å²) in [5, 5.41) is 7.48. The molecule has 0 atom stereocenters. The van der Waals surface area contributed by atoms with Crippen LogP contribution in [0.1, 0.15) is 11.1 Å². The molecule has 0 saturated carbocycles. The maximum absolute atomic E-state index is 13.9. The molecule has 10 nitrogen and oxygen atoms in total. The van der Waals surface area contributed by atoms with Crippen LogP contribution in [0.2, 0.25) is 0 Å². The second-order valence-electron chi connectivity index (χ2n) is 8.65. The Hall–Kier alpha value is -5.79. The summed E-state index contributed by atoms with van der Waals surface area (Å²) in [5.41, 5.74) is 4.05. The number of halogens is 4. The molecule has 5 rings (SSSR count). The summed E-state index contributed by atoms with van der Waals surface area (Å²) in [7, 11) is 0. The molecule has 1 aliphatic rings. The molecule has 0 unspecified atom stereocenters. The first-order valence-corrected chi connectivity index (χ1v) is 11.9. The molecule has 4 amide bonds. The Balaban J connectivity index is 1.41. The predicted octanol–water partition coefficient (Wildman–Crippen LogP) is 5.90. The lowest BCUT2D eigenvalue weighted by atomic mass is 10.1. The minimum Gasteiger partial charge on any atom is -0.457 e. The van der Waals surface area contributed by atoms with Gasteiger partial charge in [0, 0.05) is 12.4 Å². The lowest BCUT2D eigenvalue weighted by molar-refractivity contribution is -0.138. The van der Waals surface area contributed by atoms with Crippen molar-refractivity contribution in [3.8, 4) is 23.0 Å². The highest BCUT2D eigenvalue weighted by Gasteiger charge is 2.47. The van der Waals surface area contributed by atoms with Gasteiger partial charge in [-0.1, -0.05) is 0 Å². The van der Waals surface area contributed by atoms with Gasteiger partial charge in [-0.25, -0.2) is 24.0 Å². The average molecular weight is 579 g/mol. The number of carbonyl (C=O) groups excluding carboxylic acids is 3. The van der Waals surface area contributed by atoms with Gasteiger partial charge in [-0.15, -0.1) is 0 Å². The van der Waals surface area contributed by atoms with Gasteiger partial charge in [0.1, 0.15) is 40.2 Å². The molecule has 1 fully saturated rings. The first-order valence-electron chi connectivity index (χ1n) is 11.9. The SMILES string of the molecule is N=Cc1c(Oc2ccc(N3C(=O)C(=O)N(c4ccc(Oc5ccc(F)cc5)c(C(F)(F)F)c4)C3=O)cc2)ccnc1N. The van der Waals surface area contributed by atoms with Gasteiger partial charge in [0.2, 0.25) is 0 Å². The van der Waals surface area contributed by atoms with Gasteiger partial charge in [0.05, 0.1) is 16.9 Å². The summed E-state index contributed by atoms with van der Waals surface area (Å²) in [5.74, 6) is -3.53. The van der Waals surface area contributed by atoms with Crippen molar-refractivity contribution in [1.29, 1.82) is 5.41 Å². The number of alkyl halides is 3. The maximum Gasteiger partial charge on any atom is 0.420 e. The number of urea groups is 1. The molecule has 4 aromatic rings. The van der Waals surface area contributed by atoms with Crippen LogP contribution in [0.4, 0.5) is 39.5 Å². The highest BCUT2D eigenvalue weighted by Crippen LogP contribution is 2.41. The van der Waals surface area contributed by atoms with E-state index in [0.717, 1.165) is 42.6 Å². The van der Waals surface area contributed by atoms with E-state index in [2.05, 4.69) is 4.98 Å². The Morgan fingerprint density at radius 1 is 0.786 bits per heavy atom. The van der Waals surface area contributed by atoms with E-state index in [-0.39, 0.29) is 34.3 Å². The third kappa shape index (κ3) is 5.20. The van der Waals surface area contributed by atoms with Gasteiger partial charge in [-0.3, -0.25) is 9.59 Å². The number of amides is 4. The second-order valence-corrected chi connectivity index (χ2v) is 8.65. The molecular formula is C28H17F4N5O5. The molecule has 14 heteroatoms. The fourth-order valence-electron chi connectivity index (χ4n) is 4.01. The second kappa shape index (κ2) is 10.6. The summed E-state index contributed by atoms with van der Waals surface area (Å²) < 4.78 is 65.9. The maximum atomic E-state index is 13.9. The van der Waals surface area contributed by atoms with Crippen molar-refractivity contribution in [2.75, 3.05) is 15.5 Å². The van der Waals surface area contributed by atoms with E-state index in [9.17, 15) is 31.9 Å². The number of imide groups is 2. The summed E-state index contributed by atoms with van der Waals surface area (Å²) in [4.78, 5) is 43.4. The minimum absolute atomic E-state index is 0.0537. The Kier molecular flexibility index (Phi) is 7.04. The van der Waals surface area contributed by atoms with Crippen molar-refractivity contribution in [3.63, 3.8) is 0 Å². The molecule has 1 aromatic heterocycles. The quantitative estimate of drug-likeness (QED) is 0.120. The van der Waals surface area contributed by atoms with Crippen molar-refractivity contribution in [2.45, 2.75) is 6.18 Å². The van der Waals surface area contributed by atoms with Gasteiger partial charge in [0.25, 0.3) is 0 Å². The summed E-state index contributed by atoms with van der Waals surface area (Å²) in [6, 6.07) is 12.2. The van der Waals surface area contributed by atoms with E-state index in [1.807, 2.05) is 0 Å². The molecule has 0 aliphatic carbocycles. The van der Waals surface area contributed by atoms with Crippen molar-refractivity contribution in [1.82, 2.24) is 4.98 Å². The Morgan fingerprint density at radius 3 is 1.93 bits per heavy atom. The standard InChI is InChI=1S/C28H17F4N5O5/c29-15-1-6-18(7-2-15)42-23-10-5-17(13-21(23)28(30,31)32)37-26(39)25(38)36(27(37)40)16-3-8-19(9-4-16)41-22-11-12-35-24(34)20(22)14-33/h1-14,33H,(H2,34,35). The van der Waals surface area contributed by atoms with Crippen molar-refractivity contribution >= 4 is 41.3 Å². The first-order chi connectivity index (χ1) is 20.0. The lowest BCUT2D eigenvalue weighted by Crippen LogP contribution is -2.33. The molecule has 3 aromatic carbocycles. The van der Waals surface area contributed by atoms with E-state index in [1.54, 1.807) is 0 Å². The van der Waals surface area contributed by atoms with Crippen molar-refractivity contribution in [2.24, 2.45) is 0 Å². The van der Waals surface area contributed by atoms with Crippen LogP contribution in [0.15, 0.2) is 79.0 Å². The molecule has 0 spiro atoms. The van der Waals surface area contributed by atoms with Gasteiger partial charge in [-0.2, -0.15) is 13.2 Å². The van der Waals surface area contributed by atoms with E-state index < -0.39 is 46.8 Å². The zero-order chi connectivity index (χ0) is 30.2. The molecule has 0 radical (unpaired) electrons. The molecule has 42 heavy (non-hydrogen) atoms. The smallest absolute Gasteiger partial charge is 0.420 e. The summed E-state index contributed by atoms with van der Waals surface area (Å²) in [6.45, 7) is 0. The lowest BCUT2D eigenvalue weighted by Gasteiger charge is -2.19. The van der Waals surface area contributed by atoms with E-state index in [1.165, 1.54) is 36.5 Å². The van der Waals surface area contributed by atoms with Crippen LogP contribution in [0, 0.1) is 11.2 Å². The zero-order valence-electron chi connectivity index (χ0n) is 21.1. The Bertz CT molecular complexity index is 1730. The zero-order valence-corrected chi connectivity index (χ0v) is 21.1. The minimum atomic E-state index is -4.98. The number of benzene rings is 3. The fourth-order valence-corrected chi connectivity index (χ4v) is 4.01. The largest absolute Gasteiger partial charge is 0.457 e. The van der Waals surface area contributed by atoms with Crippen LogP contribution in [0.5, 0.6) is 23.0 Å². The third-order valence-corrected chi connectivity index (χ3v) is 5.99. The number of carbonyl (C=O) groups is 3. The number of nitrogens with zero attached hydrogens (tertiary/aromatic N) is 3. The van der Waals surface area contributed by atoms with E-state index >= 15 is 0 Å². The van der Waals surface area contributed by atoms with Crippen LogP contribution in [0.3, 0.4) is 0 Å². The predicted molar refractivity (Wildman–Crippen MR) is 141 cm³/mol. The number of anilines is 3. The Morgan fingerprint density at radius 2 is 1.33 bits per heavy atom. The van der Waals surface area contributed by atoms with Crippen LogP contribution in [-0.2, 0) is 15.8 Å². The number of nitrogens with two attached hydrogens (primary N) is 1. The summed E-state index contributed by atoms with van der Waals surface area (Å²) in [6.07, 6.45) is -2.65. The number of aromatic nitrogens is 1. The Labute approximate surface area is 234 Å². The third-order valence-electron chi connectivity index (χ3n) is 5.99. The van der Waals surface area contributed by atoms with E-state index in [4.69, 9.17) is 20.6 Å². The number of nitrogens with one attached hydrogen (secondary N) is 1. The van der Waals surface area contributed by atoms with Crippen LogP contribution in [0.25, 0.3) is 0 Å². The average Bonchev–Trinajstić information content (AvgIpc) is 3.17. The molecule has 1 aliphatic heterocycles. The van der Waals surface area contributed by atoms with Gasteiger partial charge in [0.15, 0.2) is 0 Å². The molecular weight excluding hydrogens is 562 g/mol. The number of ether oxygens (including phenoxy) is 2. The highest BCUT2D eigenvalue weighted by atomic mass is 19.4. The molecule has 1 saturated heterocycles. The van der Waals surface area contributed by atoms with E-state index in [0.29, 0.717) is 15.9 Å².